The molecule has 0 saturated heterocycles. The Balaban J connectivity index is 3.40. The van der Waals surface area contributed by atoms with Gasteiger partial charge in [-0.3, -0.25) is 0 Å². The predicted octanol–water partition coefficient (Wildman–Crippen LogP) is 0.402. The van der Waals surface area contributed by atoms with Gasteiger partial charge in [0.25, 0.3) is 0 Å². The van der Waals surface area contributed by atoms with Gasteiger partial charge in [0.2, 0.25) is 0 Å². The van der Waals surface area contributed by atoms with E-state index in [2.05, 4.69) is 10.4 Å². The van der Waals surface area contributed by atoms with E-state index in [1.807, 2.05) is 13.0 Å². The standard InChI is InChI=1S/C5H11N3/c1-3-4-7-5(2)8-6/h3-4H,6H2,1-2H3,(H,7,8)/b4-3-. The van der Waals surface area contributed by atoms with Gasteiger partial charge in [-0.15, -0.1) is 0 Å². The number of rotatable bonds is 1. The molecule has 0 heterocycles. The third-order valence-corrected chi connectivity index (χ3v) is 0.653. The van der Waals surface area contributed by atoms with Gasteiger partial charge in [0.05, 0.1) is 0 Å². The zero-order valence-electron chi connectivity index (χ0n) is 5.18. The molecule has 46 valence electrons. The molecule has 0 bridgehead atoms. The summed E-state index contributed by atoms with van der Waals surface area (Å²) < 4.78 is 0. The summed E-state index contributed by atoms with van der Waals surface area (Å²) in [5.41, 5.74) is 0. The van der Waals surface area contributed by atoms with Crippen molar-refractivity contribution in [2.45, 2.75) is 13.8 Å². The summed E-state index contributed by atoms with van der Waals surface area (Å²) in [5.74, 6) is 5.62. The average molecular weight is 113 g/mol. The van der Waals surface area contributed by atoms with E-state index in [1.165, 1.54) is 0 Å². The number of hydrogen-bond donors (Lipinski definition) is 2. The van der Waals surface area contributed by atoms with Crippen LogP contribution in [-0.4, -0.2) is 5.84 Å². The summed E-state index contributed by atoms with van der Waals surface area (Å²) >= 11 is 0. The third-order valence-electron chi connectivity index (χ3n) is 0.653. The zero-order valence-corrected chi connectivity index (χ0v) is 5.18. The molecule has 0 aliphatic rings. The Hall–Kier alpha value is -0.990. The van der Waals surface area contributed by atoms with Crippen molar-refractivity contribution in [1.29, 1.82) is 0 Å². The van der Waals surface area contributed by atoms with Crippen LogP contribution in [0.1, 0.15) is 13.8 Å². The van der Waals surface area contributed by atoms with Crippen LogP contribution in [0.25, 0.3) is 0 Å². The lowest BCUT2D eigenvalue weighted by molar-refractivity contribution is 1.15. The maximum Gasteiger partial charge on any atom is 0.122 e. The smallest absolute Gasteiger partial charge is 0.122 e. The van der Waals surface area contributed by atoms with Crippen LogP contribution in [0.15, 0.2) is 17.4 Å². The Morgan fingerprint density at radius 2 is 2.38 bits per heavy atom. The molecule has 0 amide bonds. The minimum Gasteiger partial charge on any atom is -0.349 e. The maximum atomic E-state index is 4.90. The van der Waals surface area contributed by atoms with Gasteiger partial charge < -0.3 is 11.2 Å². The lowest BCUT2D eigenvalue weighted by atomic mass is 10.6. The lowest BCUT2D eigenvalue weighted by Crippen LogP contribution is -2.14. The molecule has 0 atom stereocenters. The number of amidine groups is 1. The van der Waals surface area contributed by atoms with Gasteiger partial charge in [-0.1, -0.05) is 6.08 Å². The van der Waals surface area contributed by atoms with Crippen molar-refractivity contribution < 1.29 is 0 Å². The third kappa shape index (κ3) is 3.21. The molecule has 3 N–H and O–H groups in total. The van der Waals surface area contributed by atoms with Gasteiger partial charge in [-0.2, -0.15) is 5.10 Å². The van der Waals surface area contributed by atoms with Crippen molar-refractivity contribution in [3.05, 3.63) is 12.3 Å². The molecular weight excluding hydrogens is 102 g/mol. The fourth-order valence-corrected chi connectivity index (χ4v) is 0.241. The summed E-state index contributed by atoms with van der Waals surface area (Å²) in [6.07, 6.45) is 3.64. The number of nitrogens with one attached hydrogen (secondary N) is 1. The van der Waals surface area contributed by atoms with Crippen molar-refractivity contribution in [2.24, 2.45) is 10.9 Å². The van der Waals surface area contributed by atoms with E-state index in [0.717, 1.165) is 0 Å². The lowest BCUT2D eigenvalue weighted by Gasteiger charge is -1.92. The van der Waals surface area contributed by atoms with Gasteiger partial charge in [-0.05, 0) is 20.0 Å². The second kappa shape index (κ2) is 4.18. The highest BCUT2D eigenvalue weighted by Crippen LogP contribution is 1.65. The number of nitrogens with zero attached hydrogens (tertiary/aromatic N) is 1. The van der Waals surface area contributed by atoms with Crippen LogP contribution in [0.5, 0.6) is 0 Å². The Bertz CT molecular complexity index is 104. The largest absolute Gasteiger partial charge is 0.349 e. The molecule has 0 spiro atoms. The van der Waals surface area contributed by atoms with E-state index in [9.17, 15) is 0 Å². The van der Waals surface area contributed by atoms with Crippen LogP contribution in [0.3, 0.4) is 0 Å². The number of hydrogen-bond acceptors (Lipinski definition) is 2. The molecule has 0 rings (SSSR count). The zero-order chi connectivity index (χ0) is 6.41. The first-order chi connectivity index (χ1) is 3.81. The quantitative estimate of drug-likeness (QED) is 0.224. The molecule has 0 aromatic rings. The summed E-state index contributed by atoms with van der Waals surface area (Å²) in [7, 11) is 0. The SMILES string of the molecule is C/C=C\N/C(C)=N/N. The topological polar surface area (TPSA) is 50.4 Å². The molecule has 0 aliphatic carbocycles. The molecule has 8 heavy (non-hydrogen) atoms. The Kier molecular flexibility index (Phi) is 3.66. The van der Waals surface area contributed by atoms with Gasteiger partial charge >= 0.3 is 0 Å². The molecule has 3 nitrogen and oxygen atoms in total. The summed E-state index contributed by atoms with van der Waals surface area (Å²) in [6.45, 7) is 3.71. The van der Waals surface area contributed by atoms with E-state index in [0.29, 0.717) is 5.84 Å². The molecule has 0 aromatic heterocycles. The average Bonchev–Trinajstić information content (AvgIpc) is 1.83. The number of allylic oxidation sites excluding steroid dienone is 1. The minimum absolute atomic E-state index is 0.711. The van der Waals surface area contributed by atoms with E-state index >= 15 is 0 Å². The highest BCUT2D eigenvalue weighted by molar-refractivity contribution is 5.79. The Morgan fingerprint density at radius 3 is 2.75 bits per heavy atom. The summed E-state index contributed by atoms with van der Waals surface area (Å²) in [5, 5.41) is 6.21. The Labute approximate surface area is 49.3 Å². The highest BCUT2D eigenvalue weighted by Gasteiger charge is 1.76. The second-order valence-corrected chi connectivity index (χ2v) is 1.36. The number of nitrogens with two attached hydrogens (primary N) is 1. The first-order valence-corrected chi connectivity index (χ1v) is 2.43. The van der Waals surface area contributed by atoms with Crippen molar-refractivity contribution in [3.63, 3.8) is 0 Å². The summed E-state index contributed by atoms with van der Waals surface area (Å²) in [6, 6.07) is 0. The van der Waals surface area contributed by atoms with Crippen LogP contribution in [0, 0.1) is 0 Å². The van der Waals surface area contributed by atoms with Crippen LogP contribution in [-0.2, 0) is 0 Å². The van der Waals surface area contributed by atoms with Gasteiger partial charge in [0, 0.05) is 0 Å². The van der Waals surface area contributed by atoms with Gasteiger partial charge in [-0.25, -0.2) is 0 Å². The molecule has 3 heteroatoms. The molecule has 0 saturated carbocycles. The fourth-order valence-electron chi connectivity index (χ4n) is 0.241. The predicted molar refractivity (Wildman–Crippen MR) is 35.2 cm³/mol. The van der Waals surface area contributed by atoms with Crippen molar-refractivity contribution >= 4 is 5.84 Å². The monoisotopic (exact) mass is 113 g/mol. The molecule has 0 aromatic carbocycles. The molecule has 0 aliphatic heterocycles. The second-order valence-electron chi connectivity index (χ2n) is 1.36. The van der Waals surface area contributed by atoms with Crippen LogP contribution >= 0.6 is 0 Å². The highest BCUT2D eigenvalue weighted by atomic mass is 15.2. The van der Waals surface area contributed by atoms with Crippen LogP contribution < -0.4 is 11.2 Å². The van der Waals surface area contributed by atoms with Crippen LogP contribution in [0.2, 0.25) is 0 Å². The molecule has 0 fully saturated rings. The van der Waals surface area contributed by atoms with Crippen molar-refractivity contribution in [2.75, 3.05) is 0 Å². The van der Waals surface area contributed by atoms with E-state index < -0.39 is 0 Å². The molecular formula is C5H11N3. The minimum atomic E-state index is 0.711. The molecule has 0 unspecified atom stereocenters. The first-order valence-electron chi connectivity index (χ1n) is 2.43. The Morgan fingerprint density at radius 1 is 1.75 bits per heavy atom. The first kappa shape index (κ1) is 7.01. The van der Waals surface area contributed by atoms with E-state index in [4.69, 9.17) is 5.84 Å². The van der Waals surface area contributed by atoms with Gasteiger partial charge in [0.1, 0.15) is 5.84 Å². The number of hydrazone groups is 1. The van der Waals surface area contributed by atoms with Crippen LogP contribution in [0.4, 0.5) is 0 Å². The fraction of sp³-hybridized carbons (Fsp3) is 0.400. The summed E-state index contributed by atoms with van der Waals surface area (Å²) in [4.78, 5) is 0. The van der Waals surface area contributed by atoms with E-state index in [-0.39, 0.29) is 0 Å². The normalized spacial score (nSPS) is 12.5. The van der Waals surface area contributed by atoms with Crippen molar-refractivity contribution in [1.82, 2.24) is 5.32 Å². The maximum absolute atomic E-state index is 4.90. The van der Waals surface area contributed by atoms with E-state index in [1.54, 1.807) is 13.1 Å². The molecule has 0 radical (unpaired) electrons. The van der Waals surface area contributed by atoms with Crippen molar-refractivity contribution in [3.8, 4) is 0 Å². The van der Waals surface area contributed by atoms with Gasteiger partial charge in [0.15, 0.2) is 0 Å².